The normalized spacial score (nSPS) is 10.1. The molecule has 0 aliphatic rings. The van der Waals surface area contributed by atoms with Gasteiger partial charge in [0.2, 0.25) is 0 Å². The van der Waals surface area contributed by atoms with Gasteiger partial charge in [0.05, 0.1) is 0 Å². The van der Waals surface area contributed by atoms with Crippen molar-refractivity contribution in [2.75, 3.05) is 0 Å². The second-order valence-corrected chi connectivity index (χ2v) is 4.09. The number of phenols is 1. The number of phenolic OH excluding ortho intramolecular Hbond substituents is 1. The molecule has 0 aliphatic heterocycles. The molecule has 0 heterocycles. The van der Waals surface area contributed by atoms with E-state index >= 15 is 0 Å². The van der Waals surface area contributed by atoms with Crippen LogP contribution in [0.1, 0.15) is 50.7 Å². The van der Waals surface area contributed by atoms with Crippen molar-refractivity contribution in [2.24, 2.45) is 0 Å². The van der Waals surface area contributed by atoms with Gasteiger partial charge in [-0.2, -0.15) is 0 Å². The lowest BCUT2D eigenvalue weighted by Crippen LogP contribution is -1.94. The van der Waals surface area contributed by atoms with Crippen LogP contribution in [0.4, 0.5) is 4.39 Å². The topological polar surface area (TPSA) is 20.2 Å². The van der Waals surface area contributed by atoms with Gasteiger partial charge in [-0.25, -0.2) is 4.39 Å². The minimum absolute atomic E-state index is 0.388. The van der Waals surface area contributed by atoms with Crippen LogP contribution in [0.3, 0.4) is 0 Å². The van der Waals surface area contributed by atoms with Crippen LogP contribution in [0.2, 0.25) is 0 Å². The van der Waals surface area contributed by atoms with Gasteiger partial charge < -0.3 is 5.11 Å². The van der Waals surface area contributed by atoms with Crippen LogP contribution in [0.5, 0.6) is 5.75 Å². The highest BCUT2D eigenvalue weighted by Crippen LogP contribution is 2.32. The Bertz CT molecular complexity index is 266. The van der Waals surface area contributed by atoms with Gasteiger partial charge in [-0.3, -0.25) is 0 Å². The Kier molecular flexibility index (Phi) is 5.99. The summed E-state index contributed by atoms with van der Waals surface area (Å²) in [4.78, 5) is 0. The highest BCUT2D eigenvalue weighted by atomic mass is 19.1. The van der Waals surface area contributed by atoms with Crippen LogP contribution in [0.25, 0.3) is 0 Å². The molecule has 0 spiro atoms. The van der Waals surface area contributed by atoms with Gasteiger partial charge in [0.15, 0.2) is 7.18 Å². The van der Waals surface area contributed by atoms with E-state index in [2.05, 4.69) is 34.9 Å². The predicted octanol–water partition coefficient (Wildman–Crippen LogP) is 4.26. The SMILES string of the molecule is CC(C)c1cccc(C(C)C)c1O.[CH]F. The van der Waals surface area contributed by atoms with E-state index in [-0.39, 0.29) is 0 Å². The molecule has 0 amide bonds. The van der Waals surface area contributed by atoms with Crippen molar-refractivity contribution in [3.63, 3.8) is 0 Å². The molecular formula is C13H19FO. The van der Waals surface area contributed by atoms with E-state index in [4.69, 9.17) is 4.39 Å². The fourth-order valence-corrected chi connectivity index (χ4v) is 1.51. The second kappa shape index (κ2) is 6.44. The number of halogens is 1. The van der Waals surface area contributed by atoms with Crippen LogP contribution in [0, 0.1) is 7.18 Å². The number of hydrogen-bond donors (Lipinski definition) is 1. The molecule has 0 fully saturated rings. The van der Waals surface area contributed by atoms with E-state index in [9.17, 15) is 5.11 Å². The Balaban J connectivity index is 0.000000921. The molecule has 15 heavy (non-hydrogen) atoms. The summed E-state index contributed by atoms with van der Waals surface area (Å²) in [6.45, 7) is 8.39. The van der Waals surface area contributed by atoms with Crippen molar-refractivity contribution in [2.45, 2.75) is 39.5 Å². The number of para-hydroxylation sites is 1. The molecule has 0 saturated carbocycles. The van der Waals surface area contributed by atoms with Gasteiger partial charge in [-0.05, 0) is 23.0 Å². The number of aromatic hydroxyl groups is 1. The zero-order valence-corrected chi connectivity index (χ0v) is 9.79. The lowest BCUT2D eigenvalue weighted by Gasteiger charge is -2.14. The molecule has 84 valence electrons. The third-order valence-corrected chi connectivity index (χ3v) is 2.34. The Labute approximate surface area is 92.0 Å². The van der Waals surface area contributed by atoms with E-state index in [1.165, 1.54) is 0 Å². The van der Waals surface area contributed by atoms with Crippen LogP contribution < -0.4 is 0 Å². The first-order chi connectivity index (χ1) is 7.04. The monoisotopic (exact) mass is 210 g/mol. The fraction of sp³-hybridized carbons (Fsp3) is 0.462. The van der Waals surface area contributed by atoms with E-state index in [0.717, 1.165) is 11.1 Å². The van der Waals surface area contributed by atoms with Gasteiger partial charge in [-0.15, -0.1) is 0 Å². The van der Waals surface area contributed by atoms with Gasteiger partial charge in [0.1, 0.15) is 5.75 Å². The molecule has 0 aliphatic carbocycles. The Morgan fingerprint density at radius 3 is 1.60 bits per heavy atom. The molecule has 0 aromatic heterocycles. The molecule has 1 nitrogen and oxygen atoms in total. The van der Waals surface area contributed by atoms with Crippen molar-refractivity contribution in [1.29, 1.82) is 0 Å². The third-order valence-electron chi connectivity index (χ3n) is 2.34. The molecule has 1 aromatic carbocycles. The molecule has 2 heteroatoms. The van der Waals surface area contributed by atoms with E-state index in [1.807, 2.05) is 18.2 Å². The second-order valence-electron chi connectivity index (χ2n) is 4.09. The van der Waals surface area contributed by atoms with Crippen LogP contribution >= 0.6 is 0 Å². The maximum atomic E-state index is 9.93. The predicted molar refractivity (Wildman–Crippen MR) is 61.7 cm³/mol. The van der Waals surface area contributed by atoms with Crippen molar-refractivity contribution >= 4 is 0 Å². The molecule has 0 atom stereocenters. The van der Waals surface area contributed by atoms with E-state index in [0.29, 0.717) is 17.6 Å². The molecule has 0 bridgehead atoms. The first kappa shape index (κ1) is 13.9. The Morgan fingerprint density at radius 2 is 1.33 bits per heavy atom. The average molecular weight is 210 g/mol. The van der Waals surface area contributed by atoms with Crippen LogP contribution in [-0.2, 0) is 0 Å². The zero-order chi connectivity index (χ0) is 12.0. The summed E-state index contributed by atoms with van der Waals surface area (Å²) in [7, 11) is 3.00. The largest absolute Gasteiger partial charge is 0.507 e. The van der Waals surface area contributed by atoms with Gasteiger partial charge in [-0.1, -0.05) is 45.9 Å². The quantitative estimate of drug-likeness (QED) is 0.773. The molecule has 2 radical (unpaired) electrons. The lowest BCUT2D eigenvalue weighted by atomic mass is 9.94. The van der Waals surface area contributed by atoms with Crippen LogP contribution in [-0.4, -0.2) is 5.11 Å². The Hall–Kier alpha value is -1.05. The molecule has 0 unspecified atom stereocenters. The summed E-state index contributed by atoms with van der Waals surface area (Å²) >= 11 is 0. The van der Waals surface area contributed by atoms with E-state index in [1.54, 1.807) is 0 Å². The number of rotatable bonds is 2. The zero-order valence-electron chi connectivity index (χ0n) is 9.79. The summed E-state index contributed by atoms with van der Waals surface area (Å²) in [6, 6.07) is 6.00. The summed E-state index contributed by atoms with van der Waals surface area (Å²) in [6.07, 6.45) is 0. The number of hydrogen-bond acceptors (Lipinski definition) is 1. The average Bonchev–Trinajstić information content (AvgIpc) is 2.20. The molecule has 0 saturated heterocycles. The fourth-order valence-electron chi connectivity index (χ4n) is 1.51. The minimum Gasteiger partial charge on any atom is -0.507 e. The summed E-state index contributed by atoms with van der Waals surface area (Å²) in [5, 5.41) is 9.93. The van der Waals surface area contributed by atoms with Crippen molar-refractivity contribution in [1.82, 2.24) is 0 Å². The maximum absolute atomic E-state index is 9.93. The van der Waals surface area contributed by atoms with Gasteiger partial charge in [0.25, 0.3) is 0 Å². The van der Waals surface area contributed by atoms with Crippen molar-refractivity contribution < 1.29 is 9.50 Å². The Morgan fingerprint density at radius 1 is 1.00 bits per heavy atom. The van der Waals surface area contributed by atoms with E-state index < -0.39 is 0 Å². The lowest BCUT2D eigenvalue weighted by molar-refractivity contribution is 0.454. The molecular weight excluding hydrogens is 191 g/mol. The highest BCUT2D eigenvalue weighted by Gasteiger charge is 2.11. The van der Waals surface area contributed by atoms with Gasteiger partial charge >= 0.3 is 0 Å². The third kappa shape index (κ3) is 3.54. The van der Waals surface area contributed by atoms with Crippen molar-refractivity contribution in [3.05, 3.63) is 36.5 Å². The summed E-state index contributed by atoms with van der Waals surface area (Å²) < 4.78 is 9.00. The smallest absolute Gasteiger partial charge is 0.168 e. The molecule has 1 aromatic rings. The summed E-state index contributed by atoms with van der Waals surface area (Å²) in [5.41, 5.74) is 2.09. The standard InChI is InChI=1S/C12H18O.CHF/c1-8(2)10-6-5-7-11(9(3)4)12(10)13;1-2/h5-9,13H,1-4H3;1H. The minimum atomic E-state index is 0.388. The van der Waals surface area contributed by atoms with Gasteiger partial charge in [0, 0.05) is 0 Å². The summed E-state index contributed by atoms with van der Waals surface area (Å²) in [5.74, 6) is 1.25. The number of benzene rings is 1. The first-order valence-corrected chi connectivity index (χ1v) is 5.07. The molecule has 1 N–H and O–H groups in total. The highest BCUT2D eigenvalue weighted by molar-refractivity contribution is 5.43. The molecule has 1 rings (SSSR count). The van der Waals surface area contributed by atoms with Crippen molar-refractivity contribution in [3.8, 4) is 5.75 Å². The maximum Gasteiger partial charge on any atom is 0.168 e. The first-order valence-electron chi connectivity index (χ1n) is 5.07. The van der Waals surface area contributed by atoms with Crippen LogP contribution in [0.15, 0.2) is 18.2 Å².